The van der Waals surface area contributed by atoms with Crippen molar-refractivity contribution in [1.29, 1.82) is 0 Å². The Labute approximate surface area is 74.6 Å². The van der Waals surface area contributed by atoms with E-state index in [0.717, 1.165) is 10.2 Å². The predicted molar refractivity (Wildman–Crippen MR) is 48.7 cm³/mol. The molecule has 0 atom stereocenters. The quantitative estimate of drug-likeness (QED) is 0.621. The van der Waals surface area contributed by atoms with Gasteiger partial charge in [-0.15, -0.1) is 0 Å². The number of pyridine rings is 1. The van der Waals surface area contributed by atoms with E-state index in [1.54, 1.807) is 12.3 Å². The highest BCUT2D eigenvalue weighted by molar-refractivity contribution is 7.12. The van der Waals surface area contributed by atoms with Crippen LogP contribution in [0.3, 0.4) is 0 Å². The summed E-state index contributed by atoms with van der Waals surface area (Å²) >= 11 is 1.27. The van der Waals surface area contributed by atoms with Crippen molar-refractivity contribution in [2.75, 3.05) is 0 Å². The summed E-state index contributed by atoms with van der Waals surface area (Å²) in [5, 5.41) is 9.74. The van der Waals surface area contributed by atoms with Crippen LogP contribution in [-0.4, -0.2) is 22.3 Å². The van der Waals surface area contributed by atoms with Crippen molar-refractivity contribution >= 4 is 35.1 Å². The predicted octanol–water partition coefficient (Wildman–Crippen LogP) is -0.0226. The van der Waals surface area contributed by atoms with Gasteiger partial charge in [0, 0.05) is 11.6 Å². The monoisotopic (exact) mass is 176 g/mol. The van der Waals surface area contributed by atoms with E-state index in [1.165, 1.54) is 11.5 Å². The average Bonchev–Trinajstić information content (AvgIpc) is 2.46. The molecule has 0 spiro atoms. The molecule has 2 heterocycles. The summed E-state index contributed by atoms with van der Waals surface area (Å²) in [5.74, 6) is 0. The van der Waals surface area contributed by atoms with Gasteiger partial charge in [0.15, 0.2) is 0 Å². The van der Waals surface area contributed by atoms with E-state index in [9.17, 15) is 0 Å². The van der Waals surface area contributed by atoms with Crippen LogP contribution in [0.25, 0.3) is 10.2 Å². The molecule has 0 fully saturated rings. The van der Waals surface area contributed by atoms with Crippen LogP contribution in [0.1, 0.15) is 5.69 Å². The molecule has 58 valence electrons. The molecule has 0 saturated heterocycles. The molecule has 0 saturated carbocycles. The smallest absolute Gasteiger partial charge is 0.143 e. The van der Waals surface area contributed by atoms with Crippen molar-refractivity contribution in [2.45, 2.75) is 6.61 Å². The van der Waals surface area contributed by atoms with Gasteiger partial charge in [-0.1, -0.05) is 11.5 Å². The van der Waals surface area contributed by atoms with Crippen LogP contribution < -0.4 is 5.46 Å². The van der Waals surface area contributed by atoms with Gasteiger partial charge in [-0.3, -0.25) is 0 Å². The van der Waals surface area contributed by atoms with Gasteiger partial charge in [0.05, 0.1) is 12.3 Å². The maximum Gasteiger partial charge on any atom is 0.143 e. The molecule has 2 aromatic heterocycles. The lowest BCUT2D eigenvalue weighted by Gasteiger charge is -1.92. The maximum absolute atomic E-state index is 8.89. The molecular formula is C7H5BN2OS. The first kappa shape index (κ1) is 7.70. The number of nitrogens with zero attached hydrogens (tertiary/aromatic N) is 2. The zero-order valence-corrected chi connectivity index (χ0v) is 7.01. The fourth-order valence-corrected chi connectivity index (χ4v) is 1.74. The molecule has 0 unspecified atom stereocenters. The van der Waals surface area contributed by atoms with Crippen molar-refractivity contribution in [3.63, 3.8) is 0 Å². The van der Waals surface area contributed by atoms with Crippen LogP contribution in [0.5, 0.6) is 0 Å². The van der Waals surface area contributed by atoms with E-state index < -0.39 is 0 Å². The normalized spacial score (nSPS) is 10.8. The van der Waals surface area contributed by atoms with E-state index in [2.05, 4.69) is 9.36 Å². The first-order chi connectivity index (χ1) is 5.81. The zero-order valence-electron chi connectivity index (χ0n) is 6.19. The van der Waals surface area contributed by atoms with Gasteiger partial charge in [0.25, 0.3) is 0 Å². The molecule has 0 aromatic carbocycles. The molecule has 3 nitrogen and oxygen atoms in total. The molecule has 0 aliphatic rings. The first-order valence-electron chi connectivity index (χ1n) is 3.42. The van der Waals surface area contributed by atoms with E-state index in [1.807, 2.05) is 0 Å². The van der Waals surface area contributed by atoms with Crippen molar-refractivity contribution in [2.24, 2.45) is 0 Å². The van der Waals surface area contributed by atoms with E-state index in [4.69, 9.17) is 13.0 Å². The van der Waals surface area contributed by atoms with E-state index in [-0.39, 0.29) is 6.61 Å². The average molecular weight is 176 g/mol. The number of rotatable bonds is 1. The summed E-state index contributed by atoms with van der Waals surface area (Å²) in [6, 6.07) is 1.78. The molecule has 2 rings (SSSR count). The van der Waals surface area contributed by atoms with Gasteiger partial charge >= 0.3 is 0 Å². The minimum absolute atomic E-state index is 0.0644. The number of aliphatic hydroxyl groups excluding tert-OH is 1. The highest BCUT2D eigenvalue weighted by Gasteiger charge is 2.04. The van der Waals surface area contributed by atoms with Crippen LogP contribution in [0, 0.1) is 0 Å². The third kappa shape index (κ3) is 1.11. The van der Waals surface area contributed by atoms with Gasteiger partial charge in [0.1, 0.15) is 12.7 Å². The van der Waals surface area contributed by atoms with Crippen molar-refractivity contribution < 1.29 is 5.11 Å². The summed E-state index contributed by atoms with van der Waals surface area (Å²) in [7, 11) is 5.54. The molecular weight excluding hydrogens is 171 g/mol. The third-order valence-electron chi connectivity index (χ3n) is 1.58. The van der Waals surface area contributed by atoms with Crippen LogP contribution >= 0.6 is 11.5 Å². The fourth-order valence-electron chi connectivity index (χ4n) is 1.01. The number of aliphatic hydroxyl groups is 1. The minimum Gasteiger partial charge on any atom is -0.390 e. The Kier molecular flexibility index (Phi) is 1.82. The molecule has 2 radical (unpaired) electrons. The summed E-state index contributed by atoms with van der Waals surface area (Å²) in [5.41, 5.74) is 1.24. The van der Waals surface area contributed by atoms with Gasteiger partial charge in [-0.2, -0.15) is 4.37 Å². The lowest BCUT2D eigenvalue weighted by molar-refractivity contribution is 0.279. The number of hydrogen-bond acceptors (Lipinski definition) is 4. The lowest BCUT2D eigenvalue weighted by atomic mass is 9.98. The standard InChI is InChI=1S/C7H5BN2OS/c8-4-1-5-6(3-11)10-12-7(5)9-2-4/h1-2,11H,3H2. The number of hydrogen-bond donors (Lipinski definition) is 1. The Bertz CT molecular complexity index is 415. The van der Waals surface area contributed by atoms with E-state index in [0.29, 0.717) is 11.2 Å². The van der Waals surface area contributed by atoms with Gasteiger partial charge < -0.3 is 5.11 Å². The second-order valence-electron chi connectivity index (χ2n) is 2.41. The number of fused-ring (bicyclic) bond motifs is 1. The second-order valence-corrected chi connectivity index (χ2v) is 3.16. The summed E-state index contributed by atoms with van der Waals surface area (Å²) in [6.45, 7) is -0.0644. The first-order valence-corrected chi connectivity index (χ1v) is 4.19. The zero-order chi connectivity index (χ0) is 8.55. The summed E-state index contributed by atoms with van der Waals surface area (Å²) < 4.78 is 4.03. The highest BCUT2D eigenvalue weighted by atomic mass is 32.1. The molecule has 0 bridgehead atoms. The van der Waals surface area contributed by atoms with Crippen LogP contribution in [0.2, 0.25) is 0 Å². The molecule has 12 heavy (non-hydrogen) atoms. The topological polar surface area (TPSA) is 46.0 Å². The van der Waals surface area contributed by atoms with Crippen LogP contribution in [0.15, 0.2) is 12.3 Å². The van der Waals surface area contributed by atoms with Crippen molar-refractivity contribution in [3.8, 4) is 0 Å². The largest absolute Gasteiger partial charge is 0.390 e. The Morgan fingerprint density at radius 2 is 2.42 bits per heavy atom. The highest BCUT2D eigenvalue weighted by Crippen LogP contribution is 2.18. The maximum atomic E-state index is 8.89. The molecule has 0 aliphatic carbocycles. The summed E-state index contributed by atoms with van der Waals surface area (Å²) in [4.78, 5) is 4.88. The van der Waals surface area contributed by atoms with Crippen molar-refractivity contribution in [3.05, 3.63) is 18.0 Å². The van der Waals surface area contributed by atoms with Crippen molar-refractivity contribution in [1.82, 2.24) is 9.36 Å². The van der Waals surface area contributed by atoms with Crippen LogP contribution in [-0.2, 0) is 6.61 Å². The van der Waals surface area contributed by atoms with Gasteiger partial charge in [0.2, 0.25) is 0 Å². The van der Waals surface area contributed by atoms with Crippen LogP contribution in [0.4, 0.5) is 0 Å². The molecule has 2 aromatic rings. The summed E-state index contributed by atoms with van der Waals surface area (Å²) in [6.07, 6.45) is 1.58. The Morgan fingerprint density at radius 1 is 1.58 bits per heavy atom. The van der Waals surface area contributed by atoms with Gasteiger partial charge in [-0.05, 0) is 11.5 Å². The molecule has 1 N–H and O–H groups in total. The Morgan fingerprint density at radius 3 is 3.17 bits per heavy atom. The third-order valence-corrected chi connectivity index (χ3v) is 2.39. The van der Waals surface area contributed by atoms with E-state index >= 15 is 0 Å². The minimum atomic E-state index is -0.0644. The Hall–Kier alpha value is -0.935. The molecule has 0 aliphatic heterocycles. The molecule has 5 heteroatoms. The number of aromatic nitrogens is 2. The van der Waals surface area contributed by atoms with Gasteiger partial charge in [-0.25, -0.2) is 4.98 Å². The lowest BCUT2D eigenvalue weighted by Crippen LogP contribution is -2.01. The SMILES string of the molecule is [B]c1cnc2snc(CO)c2c1. The second kappa shape index (κ2) is 2.84. The molecule has 0 amide bonds. The fraction of sp³-hybridized carbons (Fsp3) is 0.143. The Balaban J connectivity index is 2.75.